The van der Waals surface area contributed by atoms with Crippen LogP contribution in [0.25, 0.3) is 0 Å². The van der Waals surface area contributed by atoms with E-state index >= 15 is 0 Å². The largest absolute Gasteiger partial charge is 0.396 e. The lowest BCUT2D eigenvalue weighted by atomic mass is 10.2. The van der Waals surface area contributed by atoms with Crippen molar-refractivity contribution >= 4 is 11.8 Å². The molecule has 3 atom stereocenters. The summed E-state index contributed by atoms with van der Waals surface area (Å²) in [6.07, 6.45) is 2.21. The highest BCUT2D eigenvalue weighted by atomic mass is 32.2. The number of hydrogen-bond acceptors (Lipinski definition) is 4. The van der Waals surface area contributed by atoms with Gasteiger partial charge in [-0.2, -0.15) is 11.8 Å². The minimum absolute atomic E-state index is 0.128. The van der Waals surface area contributed by atoms with Gasteiger partial charge in [-0.1, -0.05) is 0 Å². The summed E-state index contributed by atoms with van der Waals surface area (Å²) >= 11 is 1.88. The van der Waals surface area contributed by atoms with Crippen molar-refractivity contribution in [1.82, 2.24) is 0 Å². The average Bonchev–Trinajstić information content (AvgIpc) is 2.48. The van der Waals surface area contributed by atoms with Gasteiger partial charge in [-0.05, 0) is 19.8 Å². The highest BCUT2D eigenvalue weighted by molar-refractivity contribution is 8.00. The van der Waals surface area contributed by atoms with Gasteiger partial charge in [-0.25, -0.2) is 0 Å². The summed E-state index contributed by atoms with van der Waals surface area (Å²) in [7, 11) is 0. The fourth-order valence-electron chi connectivity index (χ4n) is 1.43. The molecule has 1 aliphatic rings. The van der Waals surface area contributed by atoms with E-state index in [4.69, 9.17) is 15.6 Å². The molecule has 0 radical (unpaired) electrons. The van der Waals surface area contributed by atoms with Gasteiger partial charge in [0.1, 0.15) is 0 Å². The first-order chi connectivity index (χ1) is 6.24. The number of aliphatic hydroxyl groups excluding tert-OH is 1. The Morgan fingerprint density at radius 1 is 1.69 bits per heavy atom. The molecule has 1 rings (SSSR count). The summed E-state index contributed by atoms with van der Waals surface area (Å²) in [5, 5.41) is 9.27. The summed E-state index contributed by atoms with van der Waals surface area (Å²) in [4.78, 5) is 0. The molecule has 0 aromatic heterocycles. The second-order valence-electron chi connectivity index (χ2n) is 3.51. The Bertz CT molecular complexity index is 146. The first kappa shape index (κ1) is 11.3. The molecular weight excluding hydrogens is 186 g/mol. The lowest BCUT2D eigenvalue weighted by Crippen LogP contribution is -2.26. The zero-order valence-corrected chi connectivity index (χ0v) is 8.93. The molecule has 1 saturated heterocycles. The van der Waals surface area contributed by atoms with E-state index in [2.05, 4.69) is 6.92 Å². The maximum absolute atomic E-state index is 8.67. The number of rotatable bonds is 5. The minimum atomic E-state index is 0.128. The van der Waals surface area contributed by atoms with E-state index in [1.165, 1.54) is 0 Å². The second kappa shape index (κ2) is 5.86. The van der Waals surface area contributed by atoms with Crippen molar-refractivity contribution in [2.45, 2.75) is 37.2 Å². The van der Waals surface area contributed by atoms with Gasteiger partial charge in [0.25, 0.3) is 0 Å². The number of thioether (sulfide) groups is 1. The number of nitrogens with two attached hydrogens (primary N) is 1. The van der Waals surface area contributed by atoms with Gasteiger partial charge in [-0.3, -0.25) is 0 Å². The van der Waals surface area contributed by atoms with E-state index in [1.54, 1.807) is 0 Å². The topological polar surface area (TPSA) is 55.5 Å². The molecule has 4 heteroatoms. The fraction of sp³-hybridized carbons (Fsp3) is 1.00. The third-order valence-electron chi connectivity index (χ3n) is 2.33. The number of hydrogen-bond donors (Lipinski definition) is 2. The average molecular weight is 205 g/mol. The molecular formula is C9H19NO2S. The smallest absolute Gasteiger partial charge is 0.0666 e. The fourth-order valence-corrected chi connectivity index (χ4v) is 2.70. The van der Waals surface area contributed by atoms with Gasteiger partial charge in [0.05, 0.1) is 6.10 Å². The number of aliphatic hydroxyl groups is 1. The van der Waals surface area contributed by atoms with E-state index < -0.39 is 0 Å². The normalized spacial score (nSPS) is 30.7. The maximum Gasteiger partial charge on any atom is 0.0666 e. The van der Waals surface area contributed by atoms with Crippen molar-refractivity contribution in [2.24, 2.45) is 5.73 Å². The van der Waals surface area contributed by atoms with Crippen LogP contribution in [0, 0.1) is 0 Å². The standard InChI is InChI=1S/C9H19NO2S/c1-7-9(3-5-12-7)13-6-8(10)2-4-11/h7-9,11H,2-6,10H2,1H3. The van der Waals surface area contributed by atoms with Gasteiger partial charge < -0.3 is 15.6 Å². The SMILES string of the molecule is CC1OCCC1SCC(N)CCO. The Morgan fingerprint density at radius 2 is 2.46 bits per heavy atom. The van der Waals surface area contributed by atoms with Gasteiger partial charge in [0, 0.05) is 30.3 Å². The van der Waals surface area contributed by atoms with E-state index in [0.29, 0.717) is 17.8 Å². The Kier molecular flexibility index (Phi) is 5.09. The first-order valence-corrected chi connectivity index (χ1v) is 5.88. The predicted octanol–water partition coefficient (Wildman–Crippen LogP) is 0.607. The van der Waals surface area contributed by atoms with Crippen LogP contribution in [-0.4, -0.2) is 41.5 Å². The molecule has 13 heavy (non-hydrogen) atoms. The molecule has 0 aromatic rings. The summed E-state index contributed by atoms with van der Waals surface area (Å²) in [6, 6.07) is 0.128. The van der Waals surface area contributed by atoms with E-state index in [0.717, 1.165) is 18.8 Å². The predicted molar refractivity (Wildman–Crippen MR) is 56.0 cm³/mol. The van der Waals surface area contributed by atoms with Crippen LogP contribution in [0.4, 0.5) is 0 Å². The Morgan fingerprint density at radius 3 is 3.00 bits per heavy atom. The molecule has 1 heterocycles. The second-order valence-corrected chi connectivity index (χ2v) is 4.78. The van der Waals surface area contributed by atoms with Crippen LogP contribution in [0.2, 0.25) is 0 Å². The molecule has 0 aliphatic carbocycles. The van der Waals surface area contributed by atoms with Crippen LogP contribution in [0.1, 0.15) is 19.8 Å². The molecule has 78 valence electrons. The van der Waals surface area contributed by atoms with Crippen molar-refractivity contribution < 1.29 is 9.84 Å². The van der Waals surface area contributed by atoms with Crippen molar-refractivity contribution in [2.75, 3.05) is 19.0 Å². The lowest BCUT2D eigenvalue weighted by Gasteiger charge is -2.16. The highest BCUT2D eigenvalue weighted by Crippen LogP contribution is 2.26. The van der Waals surface area contributed by atoms with E-state index in [9.17, 15) is 0 Å². The Labute approximate surface area is 84.0 Å². The van der Waals surface area contributed by atoms with Crippen molar-refractivity contribution in [1.29, 1.82) is 0 Å². The first-order valence-electron chi connectivity index (χ1n) is 4.83. The molecule has 3 nitrogen and oxygen atoms in total. The highest BCUT2D eigenvalue weighted by Gasteiger charge is 2.24. The molecule has 0 spiro atoms. The molecule has 0 amide bonds. The van der Waals surface area contributed by atoms with Crippen LogP contribution in [0.3, 0.4) is 0 Å². The van der Waals surface area contributed by atoms with Gasteiger partial charge in [0.15, 0.2) is 0 Å². The van der Waals surface area contributed by atoms with Crippen LogP contribution in [0.5, 0.6) is 0 Å². The molecule has 0 bridgehead atoms. The molecule has 1 fully saturated rings. The van der Waals surface area contributed by atoms with E-state index in [1.807, 2.05) is 11.8 Å². The van der Waals surface area contributed by atoms with Crippen molar-refractivity contribution in [3.8, 4) is 0 Å². The zero-order valence-electron chi connectivity index (χ0n) is 8.11. The van der Waals surface area contributed by atoms with Crippen LogP contribution >= 0.6 is 11.8 Å². The Balaban J connectivity index is 2.10. The molecule has 3 unspecified atom stereocenters. The molecule has 1 aliphatic heterocycles. The van der Waals surface area contributed by atoms with Crippen LogP contribution < -0.4 is 5.73 Å². The monoisotopic (exact) mass is 205 g/mol. The summed E-state index contributed by atoms with van der Waals surface area (Å²) in [5.74, 6) is 0.929. The molecule has 3 N–H and O–H groups in total. The quantitative estimate of drug-likeness (QED) is 0.690. The van der Waals surface area contributed by atoms with Crippen molar-refractivity contribution in [3.05, 3.63) is 0 Å². The third kappa shape index (κ3) is 3.85. The maximum atomic E-state index is 8.67. The minimum Gasteiger partial charge on any atom is -0.396 e. The summed E-state index contributed by atoms with van der Waals surface area (Å²) in [5.41, 5.74) is 5.79. The van der Waals surface area contributed by atoms with Crippen LogP contribution in [0.15, 0.2) is 0 Å². The van der Waals surface area contributed by atoms with Gasteiger partial charge in [0.2, 0.25) is 0 Å². The lowest BCUT2D eigenvalue weighted by molar-refractivity contribution is 0.127. The molecule has 0 aromatic carbocycles. The van der Waals surface area contributed by atoms with E-state index in [-0.39, 0.29) is 12.6 Å². The summed E-state index contributed by atoms with van der Waals surface area (Å²) in [6.45, 7) is 3.19. The zero-order chi connectivity index (χ0) is 9.68. The third-order valence-corrected chi connectivity index (χ3v) is 4.00. The van der Waals surface area contributed by atoms with Crippen molar-refractivity contribution in [3.63, 3.8) is 0 Å². The Hall–Kier alpha value is 0.230. The van der Waals surface area contributed by atoms with Gasteiger partial charge >= 0.3 is 0 Å². The summed E-state index contributed by atoms with van der Waals surface area (Å²) < 4.78 is 5.45. The number of ether oxygens (including phenoxy) is 1. The van der Waals surface area contributed by atoms with Crippen LogP contribution in [-0.2, 0) is 4.74 Å². The van der Waals surface area contributed by atoms with Gasteiger partial charge in [-0.15, -0.1) is 0 Å². The molecule has 0 saturated carbocycles.